The number of aromatic nitrogens is 1. The molecule has 3 fully saturated rings. The fraction of sp³-hybridized carbons (Fsp3) is 0.474. The summed E-state index contributed by atoms with van der Waals surface area (Å²) in [5, 5.41) is 5.01. The van der Waals surface area contributed by atoms with Crippen molar-refractivity contribution in [2.24, 2.45) is 17.6 Å². The van der Waals surface area contributed by atoms with Crippen LogP contribution in [0.4, 0.5) is 10.1 Å². The zero-order chi connectivity index (χ0) is 37.9. The van der Waals surface area contributed by atoms with E-state index in [0.717, 1.165) is 24.6 Å². The normalized spacial score (nSPS) is 22.4. The Balaban J connectivity index is 1.05. The highest BCUT2D eigenvalue weighted by atomic mass is 35.5. The summed E-state index contributed by atoms with van der Waals surface area (Å²) in [7, 11) is -2.10. The van der Waals surface area contributed by atoms with Gasteiger partial charge in [0.2, 0.25) is 33.6 Å². The van der Waals surface area contributed by atoms with Gasteiger partial charge in [-0.15, -0.1) is 0 Å². The fourth-order valence-corrected chi connectivity index (χ4v) is 8.25. The number of hydrogen-bond acceptors (Lipinski definition) is 9. The number of hydrogen-bond donors (Lipinski definition) is 3. The van der Waals surface area contributed by atoms with Crippen molar-refractivity contribution in [1.82, 2.24) is 14.6 Å². The molecular weight excluding hydrogens is 725 g/mol. The van der Waals surface area contributed by atoms with Crippen LogP contribution in [0, 0.1) is 17.7 Å². The van der Waals surface area contributed by atoms with Gasteiger partial charge in [-0.3, -0.25) is 19.1 Å². The number of carbonyl (C=O) groups excluding carboxylic acids is 3. The lowest BCUT2D eigenvalue weighted by Crippen LogP contribution is -2.49. The molecule has 53 heavy (non-hydrogen) atoms. The number of likely N-dealkylation sites (tertiary alicyclic amines) is 1. The highest BCUT2D eigenvalue weighted by Crippen LogP contribution is 2.44. The van der Waals surface area contributed by atoms with Crippen LogP contribution >= 0.6 is 11.6 Å². The van der Waals surface area contributed by atoms with Crippen LogP contribution in [0.25, 0.3) is 10.8 Å². The van der Waals surface area contributed by atoms with Crippen LogP contribution in [0.2, 0.25) is 5.02 Å². The maximum atomic E-state index is 14.1. The number of pyridine rings is 1. The third kappa shape index (κ3) is 9.03. The molecule has 1 saturated heterocycles. The number of benzene rings is 2. The molecule has 1 unspecified atom stereocenters. The van der Waals surface area contributed by atoms with Crippen molar-refractivity contribution in [3.63, 3.8) is 0 Å². The predicted molar refractivity (Wildman–Crippen MR) is 199 cm³/mol. The zero-order valence-electron chi connectivity index (χ0n) is 29.7. The first-order chi connectivity index (χ1) is 25.3. The number of primary amides is 1. The second-order valence-electron chi connectivity index (χ2n) is 14.4. The van der Waals surface area contributed by atoms with Gasteiger partial charge in [-0.25, -0.2) is 17.8 Å². The van der Waals surface area contributed by atoms with E-state index < -0.39 is 50.6 Å². The van der Waals surface area contributed by atoms with Gasteiger partial charge in [0, 0.05) is 33.8 Å². The lowest BCUT2D eigenvalue weighted by molar-refractivity contribution is -0.138. The first kappa shape index (κ1) is 38.3. The van der Waals surface area contributed by atoms with E-state index >= 15 is 0 Å². The smallest absolute Gasteiger partial charge is 0.245 e. The van der Waals surface area contributed by atoms with Gasteiger partial charge in [0.05, 0.1) is 24.6 Å². The predicted octanol–water partition coefficient (Wildman–Crippen LogP) is 5.49. The molecule has 3 amide bonds. The average Bonchev–Trinajstić information content (AvgIpc) is 4.03. The summed E-state index contributed by atoms with van der Waals surface area (Å²) in [6.07, 6.45) is 10.3. The highest BCUT2D eigenvalue weighted by molar-refractivity contribution is 7.91. The number of nitrogens with two attached hydrogens (primary N) is 1. The lowest BCUT2D eigenvalue weighted by Gasteiger charge is -2.28. The number of rotatable bonds is 17. The number of methoxy groups -OCH3 is 1. The lowest BCUT2D eigenvalue weighted by atomic mass is 10.0. The van der Waals surface area contributed by atoms with E-state index in [-0.39, 0.29) is 36.6 Å². The Labute approximate surface area is 313 Å². The van der Waals surface area contributed by atoms with Gasteiger partial charge in [0.1, 0.15) is 29.8 Å². The summed E-state index contributed by atoms with van der Waals surface area (Å²) in [4.78, 5) is 45.1. The number of halogens is 2. The molecule has 3 aromatic rings. The van der Waals surface area contributed by atoms with Crippen LogP contribution in [-0.4, -0.2) is 72.6 Å². The van der Waals surface area contributed by atoms with Gasteiger partial charge < -0.3 is 25.4 Å². The number of ether oxygens (including phenoxy) is 2. The Kier molecular flexibility index (Phi) is 11.5. The van der Waals surface area contributed by atoms with Gasteiger partial charge in [0.25, 0.3) is 0 Å². The minimum Gasteiger partial charge on any atom is -0.494 e. The maximum absolute atomic E-state index is 14.1. The van der Waals surface area contributed by atoms with E-state index in [1.165, 1.54) is 30.3 Å². The van der Waals surface area contributed by atoms with E-state index in [1.54, 1.807) is 37.3 Å². The average molecular weight is 770 g/mol. The monoisotopic (exact) mass is 769 g/mol. The third-order valence-electron chi connectivity index (χ3n) is 10.4. The molecule has 5 atom stereocenters. The van der Waals surface area contributed by atoms with Gasteiger partial charge in [-0.05, 0) is 87.8 Å². The van der Waals surface area contributed by atoms with E-state index in [1.807, 2.05) is 12.2 Å². The second kappa shape index (κ2) is 15.9. The summed E-state index contributed by atoms with van der Waals surface area (Å²) in [5.74, 6) is -1.37. The van der Waals surface area contributed by atoms with Gasteiger partial charge in [0.15, 0.2) is 0 Å². The van der Waals surface area contributed by atoms with Crippen LogP contribution in [0.5, 0.6) is 11.6 Å². The molecule has 284 valence electrons. The van der Waals surface area contributed by atoms with Crippen molar-refractivity contribution in [2.45, 2.75) is 87.6 Å². The first-order valence-electron chi connectivity index (χ1n) is 17.9. The van der Waals surface area contributed by atoms with Crippen LogP contribution in [0.1, 0.15) is 64.7 Å². The number of nitrogens with one attached hydrogen (secondary N) is 2. The Morgan fingerprint density at radius 1 is 1.13 bits per heavy atom. The van der Waals surface area contributed by atoms with Gasteiger partial charge in [-0.2, -0.15) is 0 Å². The van der Waals surface area contributed by atoms with Crippen molar-refractivity contribution in [3.05, 3.63) is 71.7 Å². The standard InChI is InChI=1S/C38H45ClFN5O7S/c1-38(15-16-38)53(49,50)44-35(47)29-17-23(29)9-6-4-3-5-7-12-31(43-26-11-8-10-25(40)19-26)37(48)45-22-27(20-32(45)34(41)46)52-36-30-18-24(39)13-14-28(30)33(51-2)21-42-36/h6,8-11,13-14,18-19,21,23,27,29,31-32,43H,3-5,7,12,15-17,20,22H2,1-2H3,(H2,41,46)(H,44,47)/b9-6-/t23?,27-,29+,31+,32+/m1/s1. The summed E-state index contributed by atoms with van der Waals surface area (Å²) in [6.45, 7) is 1.73. The molecule has 2 heterocycles. The Morgan fingerprint density at radius 2 is 1.92 bits per heavy atom. The molecule has 1 aromatic heterocycles. The quantitative estimate of drug-likeness (QED) is 0.119. The molecule has 12 nitrogen and oxygen atoms in total. The molecule has 1 aliphatic heterocycles. The van der Waals surface area contributed by atoms with Crippen molar-refractivity contribution in [1.29, 1.82) is 0 Å². The first-order valence-corrected chi connectivity index (χ1v) is 19.8. The SMILES string of the molecule is COc1cnc(O[C@@H]2C[C@@H](C(N)=O)N(C(=O)[C@H](CCCCC/C=C\C3C[C@@H]3C(=O)NS(=O)(=O)C3(C)CC3)Nc3cccc(F)c3)C2)c2cc(Cl)ccc12. The van der Waals surface area contributed by atoms with Crippen LogP contribution in [0.3, 0.4) is 0 Å². The highest BCUT2D eigenvalue weighted by Gasteiger charge is 2.52. The van der Waals surface area contributed by atoms with E-state index in [2.05, 4.69) is 15.0 Å². The third-order valence-corrected chi connectivity index (χ3v) is 12.8. The minimum absolute atomic E-state index is 0.0261. The number of fused-ring (bicyclic) bond motifs is 1. The summed E-state index contributed by atoms with van der Waals surface area (Å²) < 4.78 is 52.0. The van der Waals surface area contributed by atoms with Crippen molar-refractivity contribution in [2.75, 3.05) is 19.0 Å². The molecule has 2 aromatic carbocycles. The summed E-state index contributed by atoms with van der Waals surface area (Å²) in [6, 6.07) is 9.41. The molecule has 4 N–H and O–H groups in total. The maximum Gasteiger partial charge on any atom is 0.245 e. The van der Waals surface area contributed by atoms with E-state index in [0.29, 0.717) is 53.9 Å². The van der Waals surface area contributed by atoms with Crippen molar-refractivity contribution in [3.8, 4) is 11.6 Å². The number of allylic oxidation sites excluding steroid dienone is 2. The minimum atomic E-state index is -3.64. The van der Waals surface area contributed by atoms with E-state index in [9.17, 15) is 27.2 Å². The molecule has 6 rings (SSSR count). The zero-order valence-corrected chi connectivity index (χ0v) is 31.3. The second-order valence-corrected chi connectivity index (χ2v) is 17.0. The van der Waals surface area contributed by atoms with Gasteiger partial charge in [-0.1, -0.05) is 42.7 Å². The number of nitrogens with zero attached hydrogens (tertiary/aromatic N) is 2. The molecule has 0 radical (unpaired) electrons. The number of sulfonamides is 1. The molecule has 0 bridgehead atoms. The van der Waals surface area contributed by atoms with Crippen LogP contribution in [0.15, 0.2) is 60.8 Å². The topological polar surface area (TPSA) is 170 Å². The van der Waals surface area contributed by atoms with Gasteiger partial charge >= 0.3 is 0 Å². The number of amides is 3. The number of anilines is 1. The molecule has 0 spiro atoms. The number of unbranched alkanes of at least 4 members (excludes halogenated alkanes) is 3. The van der Waals surface area contributed by atoms with E-state index in [4.69, 9.17) is 26.8 Å². The summed E-state index contributed by atoms with van der Waals surface area (Å²) in [5.41, 5.74) is 6.24. The van der Waals surface area contributed by atoms with Crippen LogP contribution < -0.4 is 25.2 Å². The molecule has 2 saturated carbocycles. The van der Waals surface area contributed by atoms with Crippen molar-refractivity contribution < 1.29 is 36.7 Å². The summed E-state index contributed by atoms with van der Waals surface area (Å²) >= 11 is 6.28. The molecular formula is C38H45ClFN5O7S. The molecule has 2 aliphatic carbocycles. The van der Waals surface area contributed by atoms with Crippen molar-refractivity contribution >= 4 is 55.8 Å². The largest absolute Gasteiger partial charge is 0.494 e. The Bertz CT molecular complexity index is 2010. The molecule has 15 heteroatoms. The molecule has 3 aliphatic rings. The number of carbonyl (C=O) groups is 3. The Morgan fingerprint density at radius 3 is 2.64 bits per heavy atom. The van der Waals surface area contributed by atoms with Crippen LogP contribution in [-0.2, 0) is 24.4 Å². The Hall–Kier alpha value is -4.43. The fourth-order valence-electron chi connectivity index (χ4n) is 6.78.